The monoisotopic (exact) mass is 369 g/mol. The van der Waals surface area contributed by atoms with Gasteiger partial charge in [0.25, 0.3) is 5.91 Å². The quantitative estimate of drug-likeness (QED) is 0.672. The smallest absolute Gasteiger partial charge is 0.376 e. The highest BCUT2D eigenvalue weighted by Crippen LogP contribution is 2.36. The van der Waals surface area contributed by atoms with Crippen molar-refractivity contribution in [1.82, 2.24) is 10.9 Å². The van der Waals surface area contributed by atoms with Crippen molar-refractivity contribution in [2.45, 2.75) is 46.2 Å². The van der Waals surface area contributed by atoms with Crippen LogP contribution in [0.1, 0.15) is 45.6 Å². The standard InChI is InChI=1S/C19H26F3N3O/c1-18(2,3)13-7-9-15(10-8-13)24-25-17(26)12-23-16-6-4-5-14(11-16)19(20,21)22/h4-6,9,11,13,23-24H,7-8,10,12H2,1-3H3,(H,25,26)/t13-/m0/s1. The molecule has 1 aromatic carbocycles. The predicted octanol–water partition coefficient (Wildman–Crippen LogP) is 4.47. The number of nitrogens with one attached hydrogen (secondary N) is 3. The fourth-order valence-corrected chi connectivity index (χ4v) is 2.92. The van der Waals surface area contributed by atoms with E-state index in [-0.39, 0.29) is 23.6 Å². The minimum absolute atomic E-state index is 0.119. The maximum absolute atomic E-state index is 12.7. The Balaban J connectivity index is 1.77. The number of rotatable bonds is 5. The Bertz CT molecular complexity index is 663. The number of amides is 1. The minimum Gasteiger partial charge on any atom is -0.376 e. The first kappa shape index (κ1) is 20.1. The topological polar surface area (TPSA) is 53.2 Å². The summed E-state index contributed by atoms with van der Waals surface area (Å²) in [4.78, 5) is 11.9. The maximum Gasteiger partial charge on any atom is 0.416 e. The molecule has 7 heteroatoms. The Morgan fingerprint density at radius 2 is 1.96 bits per heavy atom. The van der Waals surface area contributed by atoms with Crippen LogP contribution < -0.4 is 16.2 Å². The number of anilines is 1. The van der Waals surface area contributed by atoms with Gasteiger partial charge in [-0.2, -0.15) is 13.2 Å². The van der Waals surface area contributed by atoms with Gasteiger partial charge in [0.1, 0.15) is 0 Å². The van der Waals surface area contributed by atoms with E-state index in [1.165, 1.54) is 12.1 Å². The van der Waals surface area contributed by atoms with Gasteiger partial charge in [-0.3, -0.25) is 10.2 Å². The molecule has 0 aliphatic heterocycles. The summed E-state index contributed by atoms with van der Waals surface area (Å²) >= 11 is 0. The zero-order chi connectivity index (χ0) is 19.4. The summed E-state index contributed by atoms with van der Waals surface area (Å²) in [6, 6.07) is 4.77. The van der Waals surface area contributed by atoms with Crippen LogP contribution in [0.4, 0.5) is 18.9 Å². The molecule has 0 saturated carbocycles. The molecule has 1 aliphatic rings. The van der Waals surface area contributed by atoms with Crippen LogP contribution in [0, 0.1) is 11.3 Å². The zero-order valence-electron chi connectivity index (χ0n) is 15.3. The molecule has 1 atom stereocenters. The molecule has 0 bridgehead atoms. The summed E-state index contributed by atoms with van der Waals surface area (Å²) in [5, 5.41) is 2.70. The van der Waals surface area contributed by atoms with Gasteiger partial charge >= 0.3 is 6.18 Å². The van der Waals surface area contributed by atoms with Gasteiger partial charge in [-0.25, -0.2) is 0 Å². The van der Waals surface area contributed by atoms with Crippen LogP contribution in [0.25, 0.3) is 0 Å². The molecule has 0 fully saturated rings. The summed E-state index contributed by atoms with van der Waals surface area (Å²) in [6.07, 6.45) is 0.577. The van der Waals surface area contributed by atoms with Crippen LogP contribution in [0.2, 0.25) is 0 Å². The molecule has 0 heterocycles. The van der Waals surface area contributed by atoms with Crippen LogP contribution in [-0.4, -0.2) is 12.5 Å². The molecular weight excluding hydrogens is 343 g/mol. The normalized spacial score (nSPS) is 18.1. The number of hydrazine groups is 1. The Kier molecular flexibility index (Phi) is 6.21. The molecule has 1 aliphatic carbocycles. The van der Waals surface area contributed by atoms with Gasteiger partial charge < -0.3 is 10.7 Å². The van der Waals surface area contributed by atoms with E-state index in [1.54, 1.807) is 0 Å². The largest absolute Gasteiger partial charge is 0.416 e. The van der Waals surface area contributed by atoms with E-state index in [4.69, 9.17) is 0 Å². The molecule has 144 valence electrons. The Hall–Kier alpha value is -2.18. The number of hydrogen-bond acceptors (Lipinski definition) is 3. The van der Waals surface area contributed by atoms with Gasteiger partial charge in [0.15, 0.2) is 0 Å². The van der Waals surface area contributed by atoms with Gasteiger partial charge in [0.2, 0.25) is 0 Å². The van der Waals surface area contributed by atoms with E-state index < -0.39 is 11.7 Å². The average Bonchev–Trinajstić information content (AvgIpc) is 2.57. The molecule has 1 aromatic rings. The third-order valence-electron chi connectivity index (χ3n) is 4.64. The molecule has 4 nitrogen and oxygen atoms in total. The summed E-state index contributed by atoms with van der Waals surface area (Å²) in [7, 11) is 0. The molecular formula is C19H26F3N3O. The van der Waals surface area contributed by atoms with Gasteiger partial charge in [0.05, 0.1) is 12.1 Å². The fraction of sp³-hybridized carbons (Fsp3) is 0.526. The lowest BCUT2D eigenvalue weighted by Gasteiger charge is -2.33. The predicted molar refractivity (Wildman–Crippen MR) is 96.1 cm³/mol. The first-order chi connectivity index (χ1) is 12.1. The van der Waals surface area contributed by atoms with Crippen LogP contribution in [0.3, 0.4) is 0 Å². The number of hydrogen-bond donors (Lipinski definition) is 3. The van der Waals surface area contributed by atoms with E-state index >= 15 is 0 Å². The van der Waals surface area contributed by atoms with Crippen molar-refractivity contribution in [2.75, 3.05) is 11.9 Å². The third-order valence-corrected chi connectivity index (χ3v) is 4.64. The van der Waals surface area contributed by atoms with Crippen molar-refractivity contribution in [3.63, 3.8) is 0 Å². The highest BCUT2D eigenvalue weighted by atomic mass is 19.4. The average molecular weight is 369 g/mol. The number of benzene rings is 1. The van der Waals surface area contributed by atoms with Crippen molar-refractivity contribution in [1.29, 1.82) is 0 Å². The molecule has 0 spiro atoms. The third kappa shape index (κ3) is 5.97. The summed E-state index contributed by atoms with van der Waals surface area (Å²) < 4.78 is 38.0. The van der Waals surface area contributed by atoms with E-state index in [0.29, 0.717) is 5.92 Å². The Labute approximate surface area is 152 Å². The number of halogens is 3. The van der Waals surface area contributed by atoms with Crippen molar-refractivity contribution < 1.29 is 18.0 Å². The van der Waals surface area contributed by atoms with Crippen molar-refractivity contribution >= 4 is 11.6 Å². The second-order valence-corrected chi connectivity index (χ2v) is 7.67. The highest BCUT2D eigenvalue weighted by molar-refractivity contribution is 5.80. The van der Waals surface area contributed by atoms with E-state index in [1.807, 2.05) is 0 Å². The first-order valence-corrected chi connectivity index (χ1v) is 8.71. The summed E-state index contributed by atoms with van der Waals surface area (Å²) in [5.74, 6) is 0.271. The molecule has 1 amide bonds. The lowest BCUT2D eigenvalue weighted by Crippen LogP contribution is -2.41. The summed E-state index contributed by atoms with van der Waals surface area (Å²) in [5.41, 5.74) is 6.22. The molecule has 0 saturated heterocycles. The van der Waals surface area contributed by atoms with Crippen LogP contribution >= 0.6 is 0 Å². The fourth-order valence-electron chi connectivity index (χ4n) is 2.92. The van der Waals surface area contributed by atoms with E-state index in [0.717, 1.165) is 37.1 Å². The van der Waals surface area contributed by atoms with Gasteiger partial charge in [-0.1, -0.05) is 32.9 Å². The first-order valence-electron chi connectivity index (χ1n) is 8.71. The Morgan fingerprint density at radius 3 is 2.54 bits per heavy atom. The molecule has 26 heavy (non-hydrogen) atoms. The van der Waals surface area contributed by atoms with Crippen LogP contribution in [0.15, 0.2) is 36.0 Å². The van der Waals surface area contributed by atoms with Gasteiger partial charge in [-0.15, -0.1) is 0 Å². The molecule has 0 radical (unpaired) electrons. The van der Waals surface area contributed by atoms with Gasteiger partial charge in [0, 0.05) is 11.4 Å². The van der Waals surface area contributed by atoms with E-state index in [2.05, 4.69) is 43.0 Å². The van der Waals surface area contributed by atoms with Crippen LogP contribution in [0.5, 0.6) is 0 Å². The SMILES string of the molecule is CC(C)(C)[C@H]1CC=C(NNC(=O)CNc2cccc(C(F)(F)F)c2)CC1. The number of carbonyl (C=O) groups is 1. The Morgan fingerprint density at radius 1 is 1.23 bits per heavy atom. The lowest BCUT2D eigenvalue weighted by atomic mass is 9.74. The second-order valence-electron chi connectivity index (χ2n) is 7.67. The van der Waals surface area contributed by atoms with E-state index in [9.17, 15) is 18.0 Å². The van der Waals surface area contributed by atoms with Crippen molar-refractivity contribution in [3.05, 3.63) is 41.6 Å². The molecule has 0 aromatic heterocycles. The minimum atomic E-state index is -4.40. The van der Waals surface area contributed by atoms with Crippen LogP contribution in [-0.2, 0) is 11.0 Å². The highest BCUT2D eigenvalue weighted by Gasteiger charge is 2.30. The lowest BCUT2D eigenvalue weighted by molar-refractivity contribution is -0.137. The number of alkyl halides is 3. The zero-order valence-corrected chi connectivity index (χ0v) is 15.3. The molecule has 0 unspecified atom stereocenters. The number of carbonyl (C=O) groups excluding carboxylic acids is 1. The molecule has 2 rings (SSSR count). The molecule has 3 N–H and O–H groups in total. The second kappa shape index (κ2) is 8.01. The van der Waals surface area contributed by atoms with Crippen molar-refractivity contribution in [3.8, 4) is 0 Å². The number of allylic oxidation sites excluding steroid dienone is 2. The van der Waals surface area contributed by atoms with Gasteiger partial charge in [-0.05, 0) is 48.8 Å². The summed E-state index contributed by atoms with van der Waals surface area (Å²) in [6.45, 7) is 6.56. The van der Waals surface area contributed by atoms with Crippen molar-refractivity contribution in [2.24, 2.45) is 11.3 Å². The maximum atomic E-state index is 12.7.